The monoisotopic (exact) mass is 332 g/mol. The lowest BCUT2D eigenvalue weighted by Gasteiger charge is -2.23. The van der Waals surface area contributed by atoms with Crippen molar-refractivity contribution in [3.63, 3.8) is 0 Å². The van der Waals surface area contributed by atoms with E-state index in [1.165, 1.54) is 10.1 Å². The lowest BCUT2D eigenvalue weighted by molar-refractivity contribution is -0.122. The van der Waals surface area contributed by atoms with Gasteiger partial charge in [0, 0.05) is 11.1 Å². The smallest absolute Gasteiger partial charge is 0.307 e. The molecule has 2 rings (SSSR count). The number of benzene rings is 1. The number of carbonyl (C=O) groups excluding carboxylic acids is 1. The second-order valence-corrected chi connectivity index (χ2v) is 6.93. The zero-order chi connectivity index (χ0) is 17.0. The molecule has 0 radical (unpaired) electrons. The molecule has 4 nitrogen and oxygen atoms in total. The number of nitrogens with zero attached hydrogens (tertiary/aromatic N) is 1. The van der Waals surface area contributed by atoms with Crippen LogP contribution >= 0.6 is 11.3 Å². The highest BCUT2D eigenvalue weighted by molar-refractivity contribution is 7.07. The van der Waals surface area contributed by atoms with Gasteiger partial charge >= 0.3 is 4.87 Å². The van der Waals surface area contributed by atoms with E-state index in [-0.39, 0.29) is 29.3 Å². The van der Waals surface area contributed by atoms with Crippen molar-refractivity contribution in [2.24, 2.45) is 5.92 Å². The van der Waals surface area contributed by atoms with Crippen molar-refractivity contribution in [3.05, 3.63) is 56.1 Å². The van der Waals surface area contributed by atoms with E-state index in [2.05, 4.69) is 50.4 Å². The predicted molar refractivity (Wildman–Crippen MR) is 94.9 cm³/mol. The predicted octanol–water partition coefficient (Wildman–Crippen LogP) is 3.29. The molecule has 1 aromatic carbocycles. The zero-order valence-corrected chi connectivity index (χ0v) is 14.9. The molecule has 1 amide bonds. The van der Waals surface area contributed by atoms with Crippen molar-refractivity contribution in [1.29, 1.82) is 0 Å². The molecule has 1 N–H and O–H groups in total. The van der Waals surface area contributed by atoms with E-state index in [1.54, 1.807) is 5.38 Å². The average Bonchev–Trinajstić information content (AvgIpc) is 2.84. The molecule has 1 heterocycles. The number of carbonyl (C=O) groups is 1. The number of amides is 1. The molecular formula is C18H24N2O2S. The highest BCUT2D eigenvalue weighted by Crippen LogP contribution is 2.22. The Labute approximate surface area is 141 Å². The summed E-state index contributed by atoms with van der Waals surface area (Å²) in [5.74, 6) is 0.138. The number of thiazole rings is 1. The molecule has 0 aliphatic heterocycles. The van der Waals surface area contributed by atoms with Crippen molar-refractivity contribution in [3.8, 4) is 0 Å². The normalized spacial score (nSPS) is 12.4. The van der Waals surface area contributed by atoms with Crippen LogP contribution < -0.4 is 10.2 Å². The number of hydrogen-bond donors (Lipinski definition) is 1. The van der Waals surface area contributed by atoms with Gasteiger partial charge in [-0.3, -0.25) is 14.2 Å². The van der Waals surface area contributed by atoms with Crippen LogP contribution in [0.2, 0.25) is 0 Å². The summed E-state index contributed by atoms with van der Waals surface area (Å²) in [6.07, 6.45) is 0.999. The maximum Gasteiger partial charge on any atom is 0.307 e. The van der Waals surface area contributed by atoms with Gasteiger partial charge in [-0.1, -0.05) is 56.4 Å². The molecule has 0 spiro atoms. The van der Waals surface area contributed by atoms with E-state index in [0.717, 1.165) is 29.0 Å². The minimum Gasteiger partial charge on any atom is -0.347 e. The first-order valence-electron chi connectivity index (χ1n) is 7.95. The van der Waals surface area contributed by atoms with Gasteiger partial charge < -0.3 is 5.32 Å². The number of hydrogen-bond acceptors (Lipinski definition) is 3. The Morgan fingerprint density at radius 3 is 2.39 bits per heavy atom. The SMILES string of the molecule is CCc1ccc([C@H](NC(=O)Cn2c(C)csc2=O)C(C)C)cc1. The van der Waals surface area contributed by atoms with Crippen LogP contribution in [0, 0.1) is 12.8 Å². The Kier molecular flexibility index (Phi) is 5.77. The number of nitrogens with one attached hydrogen (secondary N) is 1. The Hall–Kier alpha value is -1.88. The summed E-state index contributed by atoms with van der Waals surface area (Å²) in [6, 6.07) is 8.30. The van der Waals surface area contributed by atoms with Gasteiger partial charge in [0.25, 0.3) is 0 Å². The number of rotatable bonds is 6. The third-order valence-electron chi connectivity index (χ3n) is 4.01. The van der Waals surface area contributed by atoms with Crippen LogP contribution in [0.3, 0.4) is 0 Å². The molecule has 1 atom stereocenters. The second-order valence-electron chi connectivity index (χ2n) is 6.11. The summed E-state index contributed by atoms with van der Waals surface area (Å²) in [4.78, 5) is 24.0. The molecule has 0 fully saturated rings. The summed E-state index contributed by atoms with van der Waals surface area (Å²) >= 11 is 1.13. The summed E-state index contributed by atoms with van der Waals surface area (Å²) in [7, 11) is 0. The van der Waals surface area contributed by atoms with Crippen molar-refractivity contribution < 1.29 is 4.79 Å². The highest BCUT2D eigenvalue weighted by atomic mass is 32.1. The summed E-state index contributed by atoms with van der Waals surface area (Å²) < 4.78 is 1.51. The Bertz CT molecular complexity index is 713. The van der Waals surface area contributed by atoms with Crippen molar-refractivity contribution in [1.82, 2.24) is 9.88 Å². The Morgan fingerprint density at radius 2 is 1.91 bits per heavy atom. The van der Waals surface area contributed by atoms with Crippen LogP contribution in [-0.4, -0.2) is 10.5 Å². The zero-order valence-electron chi connectivity index (χ0n) is 14.1. The van der Waals surface area contributed by atoms with Crippen LogP contribution in [0.5, 0.6) is 0 Å². The fourth-order valence-electron chi connectivity index (χ4n) is 2.55. The van der Waals surface area contributed by atoms with E-state index >= 15 is 0 Å². The van der Waals surface area contributed by atoms with E-state index in [1.807, 2.05) is 6.92 Å². The topological polar surface area (TPSA) is 51.1 Å². The quantitative estimate of drug-likeness (QED) is 0.882. The highest BCUT2D eigenvalue weighted by Gasteiger charge is 2.19. The molecule has 5 heteroatoms. The molecule has 124 valence electrons. The summed E-state index contributed by atoms with van der Waals surface area (Å²) in [5, 5.41) is 4.85. The molecule has 0 saturated heterocycles. The molecule has 2 aromatic rings. The molecule has 0 aliphatic carbocycles. The number of aromatic nitrogens is 1. The van der Waals surface area contributed by atoms with Gasteiger partial charge in [-0.15, -0.1) is 0 Å². The van der Waals surface area contributed by atoms with Crippen LogP contribution in [-0.2, 0) is 17.8 Å². The molecule has 23 heavy (non-hydrogen) atoms. The molecule has 0 saturated carbocycles. The summed E-state index contributed by atoms with van der Waals surface area (Å²) in [5.41, 5.74) is 3.20. The maximum absolute atomic E-state index is 12.4. The van der Waals surface area contributed by atoms with Crippen LogP contribution in [0.4, 0.5) is 0 Å². The molecule has 1 aromatic heterocycles. The Balaban J connectivity index is 2.12. The Morgan fingerprint density at radius 1 is 1.26 bits per heavy atom. The largest absolute Gasteiger partial charge is 0.347 e. The van der Waals surface area contributed by atoms with Gasteiger partial charge in [0.05, 0.1) is 6.04 Å². The van der Waals surface area contributed by atoms with Crippen molar-refractivity contribution in [2.75, 3.05) is 0 Å². The third-order valence-corrected chi connectivity index (χ3v) is 4.89. The maximum atomic E-state index is 12.4. The lowest BCUT2D eigenvalue weighted by Crippen LogP contribution is -2.36. The fraction of sp³-hybridized carbons (Fsp3) is 0.444. The van der Waals surface area contributed by atoms with Gasteiger partial charge in [-0.05, 0) is 30.4 Å². The summed E-state index contributed by atoms with van der Waals surface area (Å²) in [6.45, 7) is 8.21. The molecule has 0 unspecified atom stereocenters. The van der Waals surface area contributed by atoms with Gasteiger partial charge in [0.2, 0.25) is 5.91 Å². The van der Waals surface area contributed by atoms with Gasteiger partial charge in [0.15, 0.2) is 0 Å². The van der Waals surface area contributed by atoms with Gasteiger partial charge in [0.1, 0.15) is 6.54 Å². The fourth-order valence-corrected chi connectivity index (χ4v) is 3.29. The van der Waals surface area contributed by atoms with E-state index in [4.69, 9.17) is 0 Å². The van der Waals surface area contributed by atoms with Crippen LogP contribution in [0.1, 0.15) is 43.6 Å². The van der Waals surface area contributed by atoms with E-state index in [9.17, 15) is 9.59 Å². The number of aryl methyl sites for hydroxylation is 2. The lowest BCUT2D eigenvalue weighted by atomic mass is 9.95. The first kappa shape index (κ1) is 17.5. The van der Waals surface area contributed by atoms with Crippen LogP contribution in [0.15, 0.2) is 34.4 Å². The standard InChI is InChI=1S/C18H24N2O2S/c1-5-14-6-8-15(9-7-14)17(12(2)3)19-16(21)10-20-13(4)11-23-18(20)22/h6-9,11-12,17H,5,10H2,1-4H3,(H,19,21)/t17-/m1/s1. The van der Waals surface area contributed by atoms with Gasteiger partial charge in [-0.2, -0.15) is 0 Å². The molecular weight excluding hydrogens is 308 g/mol. The molecule has 0 bridgehead atoms. The average molecular weight is 332 g/mol. The second kappa shape index (κ2) is 7.59. The van der Waals surface area contributed by atoms with Crippen LogP contribution in [0.25, 0.3) is 0 Å². The van der Waals surface area contributed by atoms with Crippen molar-refractivity contribution in [2.45, 2.75) is 46.7 Å². The van der Waals surface area contributed by atoms with E-state index < -0.39 is 0 Å². The van der Waals surface area contributed by atoms with E-state index in [0.29, 0.717) is 0 Å². The first-order valence-corrected chi connectivity index (χ1v) is 8.83. The molecule has 0 aliphatic rings. The minimum atomic E-state index is -0.133. The third kappa shape index (κ3) is 4.32. The minimum absolute atomic E-state index is 0.0527. The van der Waals surface area contributed by atoms with Crippen molar-refractivity contribution >= 4 is 17.2 Å². The van der Waals surface area contributed by atoms with Gasteiger partial charge in [-0.25, -0.2) is 0 Å². The first-order chi connectivity index (χ1) is 10.9.